The van der Waals surface area contributed by atoms with Crippen LogP contribution in [0.25, 0.3) is 0 Å². The second-order valence-electron chi connectivity index (χ2n) is 4.76. The normalized spacial score (nSPS) is 10.0. The van der Waals surface area contributed by atoms with E-state index in [9.17, 15) is 18.8 Å². The van der Waals surface area contributed by atoms with Crippen LogP contribution in [-0.4, -0.2) is 31.6 Å². The Labute approximate surface area is 147 Å². The van der Waals surface area contributed by atoms with E-state index in [0.29, 0.717) is 0 Å². The molecule has 130 valence electrons. The molecule has 1 amide bonds. The fourth-order valence-electron chi connectivity index (χ4n) is 1.96. The number of nitrogens with one attached hydrogen (secondary N) is 1. The lowest BCUT2D eigenvalue weighted by Gasteiger charge is -2.10. The zero-order valence-corrected chi connectivity index (χ0v) is 13.8. The second-order valence-corrected chi connectivity index (χ2v) is 5.17. The molecular formula is C17H13ClFNO5. The van der Waals surface area contributed by atoms with Crippen molar-refractivity contribution in [1.82, 2.24) is 0 Å². The summed E-state index contributed by atoms with van der Waals surface area (Å²) in [5.74, 6) is -3.27. The van der Waals surface area contributed by atoms with Crippen molar-refractivity contribution in [2.45, 2.75) is 0 Å². The van der Waals surface area contributed by atoms with Crippen LogP contribution in [-0.2, 0) is 14.3 Å². The summed E-state index contributed by atoms with van der Waals surface area (Å²) in [7, 11) is 1.21. The minimum atomic E-state index is -1.07. The number of esters is 2. The molecule has 0 heterocycles. The molecule has 0 aromatic heterocycles. The largest absolute Gasteiger partial charge is 0.465 e. The lowest BCUT2D eigenvalue weighted by molar-refractivity contribution is -0.119. The van der Waals surface area contributed by atoms with Crippen molar-refractivity contribution in [3.8, 4) is 0 Å². The van der Waals surface area contributed by atoms with Crippen LogP contribution in [0.15, 0.2) is 42.5 Å². The van der Waals surface area contributed by atoms with Crippen LogP contribution < -0.4 is 5.32 Å². The van der Waals surface area contributed by atoms with Gasteiger partial charge >= 0.3 is 11.9 Å². The predicted molar refractivity (Wildman–Crippen MR) is 88.1 cm³/mol. The highest BCUT2D eigenvalue weighted by atomic mass is 35.5. The van der Waals surface area contributed by atoms with E-state index in [1.807, 2.05) is 0 Å². The third-order valence-electron chi connectivity index (χ3n) is 3.11. The summed E-state index contributed by atoms with van der Waals surface area (Å²) in [6.45, 7) is -0.682. The molecule has 0 aliphatic heterocycles. The number of rotatable bonds is 5. The van der Waals surface area contributed by atoms with Gasteiger partial charge in [-0.2, -0.15) is 0 Å². The van der Waals surface area contributed by atoms with Gasteiger partial charge in [0.15, 0.2) is 6.61 Å². The lowest BCUT2D eigenvalue weighted by atomic mass is 10.2. The molecule has 8 heteroatoms. The van der Waals surface area contributed by atoms with Gasteiger partial charge in [0, 0.05) is 0 Å². The van der Waals surface area contributed by atoms with Gasteiger partial charge in [-0.15, -0.1) is 0 Å². The van der Waals surface area contributed by atoms with Gasteiger partial charge in [0.05, 0.1) is 23.4 Å². The summed E-state index contributed by atoms with van der Waals surface area (Å²) in [5, 5.41) is 2.29. The Hall–Kier alpha value is -2.93. The summed E-state index contributed by atoms with van der Waals surface area (Å²) in [4.78, 5) is 35.4. The van der Waals surface area contributed by atoms with E-state index in [4.69, 9.17) is 16.3 Å². The fourth-order valence-corrected chi connectivity index (χ4v) is 2.20. The Morgan fingerprint density at radius 1 is 1.08 bits per heavy atom. The molecule has 0 atom stereocenters. The van der Waals surface area contributed by atoms with E-state index < -0.39 is 35.8 Å². The summed E-state index contributed by atoms with van der Waals surface area (Å²) < 4.78 is 23.0. The van der Waals surface area contributed by atoms with Crippen molar-refractivity contribution in [2.24, 2.45) is 0 Å². The van der Waals surface area contributed by atoms with Crippen LogP contribution in [0.5, 0.6) is 0 Å². The van der Waals surface area contributed by atoms with Crippen molar-refractivity contribution in [1.29, 1.82) is 0 Å². The number of ether oxygens (including phenoxy) is 2. The lowest BCUT2D eigenvalue weighted by Crippen LogP contribution is -2.22. The van der Waals surface area contributed by atoms with Gasteiger partial charge in [-0.05, 0) is 24.3 Å². The van der Waals surface area contributed by atoms with Crippen molar-refractivity contribution >= 4 is 35.1 Å². The first-order valence-electron chi connectivity index (χ1n) is 7.02. The van der Waals surface area contributed by atoms with Crippen LogP contribution in [0.3, 0.4) is 0 Å². The minimum Gasteiger partial charge on any atom is -0.465 e. The van der Waals surface area contributed by atoms with Gasteiger partial charge < -0.3 is 14.8 Å². The van der Waals surface area contributed by atoms with E-state index in [0.717, 1.165) is 6.07 Å². The molecule has 2 aromatic rings. The van der Waals surface area contributed by atoms with Crippen molar-refractivity contribution in [2.75, 3.05) is 19.0 Å². The third kappa shape index (κ3) is 4.54. The highest BCUT2D eigenvalue weighted by Gasteiger charge is 2.19. The monoisotopic (exact) mass is 365 g/mol. The molecule has 2 rings (SSSR count). The number of benzene rings is 2. The number of methoxy groups -OCH3 is 1. The zero-order valence-electron chi connectivity index (χ0n) is 13.0. The maximum absolute atomic E-state index is 13.6. The zero-order chi connectivity index (χ0) is 18.4. The van der Waals surface area contributed by atoms with Gasteiger partial charge in [0.1, 0.15) is 11.4 Å². The quantitative estimate of drug-likeness (QED) is 0.823. The number of halogens is 2. The van der Waals surface area contributed by atoms with Crippen molar-refractivity contribution in [3.05, 3.63) is 64.4 Å². The third-order valence-corrected chi connectivity index (χ3v) is 3.42. The second kappa shape index (κ2) is 8.25. The Morgan fingerprint density at radius 3 is 2.48 bits per heavy atom. The number of amides is 1. The molecule has 0 fully saturated rings. The molecule has 0 unspecified atom stereocenters. The fraction of sp³-hybridized carbons (Fsp3) is 0.118. The molecule has 2 aromatic carbocycles. The average molecular weight is 366 g/mol. The molecule has 0 radical (unpaired) electrons. The number of para-hydroxylation sites is 1. The molecule has 0 spiro atoms. The standard InChI is InChI=1S/C17H13ClFNO5/c1-24-16(22)10-5-2-3-8-13(10)20-14(21)9-25-17(23)15-11(18)6-4-7-12(15)19/h2-8H,9H2,1H3,(H,20,21). The van der Waals surface area contributed by atoms with E-state index >= 15 is 0 Å². The van der Waals surface area contributed by atoms with Gasteiger partial charge in [-0.3, -0.25) is 4.79 Å². The van der Waals surface area contributed by atoms with Crippen LogP contribution in [0.1, 0.15) is 20.7 Å². The summed E-state index contributed by atoms with van der Waals surface area (Å²) >= 11 is 5.75. The van der Waals surface area contributed by atoms with E-state index in [-0.39, 0.29) is 16.3 Å². The first kappa shape index (κ1) is 18.4. The number of anilines is 1. The maximum Gasteiger partial charge on any atom is 0.343 e. The molecule has 6 nitrogen and oxygen atoms in total. The highest BCUT2D eigenvalue weighted by molar-refractivity contribution is 6.33. The molecule has 0 saturated heterocycles. The number of hydrogen-bond acceptors (Lipinski definition) is 5. The highest BCUT2D eigenvalue weighted by Crippen LogP contribution is 2.20. The number of carbonyl (C=O) groups excluding carboxylic acids is 3. The van der Waals surface area contributed by atoms with Crippen LogP contribution in [0.4, 0.5) is 10.1 Å². The van der Waals surface area contributed by atoms with E-state index in [2.05, 4.69) is 10.1 Å². The average Bonchev–Trinajstić information content (AvgIpc) is 2.59. The molecule has 25 heavy (non-hydrogen) atoms. The maximum atomic E-state index is 13.6. The SMILES string of the molecule is COC(=O)c1ccccc1NC(=O)COC(=O)c1c(F)cccc1Cl. The molecule has 0 aliphatic carbocycles. The van der Waals surface area contributed by atoms with E-state index in [1.54, 1.807) is 12.1 Å². The molecule has 0 bridgehead atoms. The van der Waals surface area contributed by atoms with Gasteiger partial charge in [0.2, 0.25) is 0 Å². The molecule has 1 N–H and O–H groups in total. The molecular weight excluding hydrogens is 353 g/mol. The summed E-state index contributed by atoms with van der Waals surface area (Å²) in [6, 6.07) is 9.87. The van der Waals surface area contributed by atoms with Crippen molar-refractivity contribution < 1.29 is 28.2 Å². The first-order valence-corrected chi connectivity index (χ1v) is 7.40. The molecule has 0 saturated carbocycles. The van der Waals surface area contributed by atoms with E-state index in [1.165, 1.54) is 31.4 Å². The Bertz CT molecular complexity index is 804. The van der Waals surface area contributed by atoms with Crippen LogP contribution >= 0.6 is 11.6 Å². The number of hydrogen-bond donors (Lipinski definition) is 1. The summed E-state index contributed by atoms with van der Waals surface area (Å²) in [6.07, 6.45) is 0. The smallest absolute Gasteiger partial charge is 0.343 e. The van der Waals surface area contributed by atoms with Gasteiger partial charge in [-0.25, -0.2) is 14.0 Å². The van der Waals surface area contributed by atoms with Crippen molar-refractivity contribution in [3.63, 3.8) is 0 Å². The summed E-state index contributed by atoms with van der Waals surface area (Å²) in [5.41, 5.74) is -0.118. The van der Waals surface area contributed by atoms with Crippen LogP contribution in [0.2, 0.25) is 5.02 Å². The van der Waals surface area contributed by atoms with Gasteiger partial charge in [-0.1, -0.05) is 29.8 Å². The number of carbonyl (C=O) groups is 3. The first-order chi connectivity index (χ1) is 11.9. The van der Waals surface area contributed by atoms with Crippen LogP contribution in [0, 0.1) is 5.82 Å². The Kier molecular flexibility index (Phi) is 6.08. The topological polar surface area (TPSA) is 81.7 Å². The minimum absolute atomic E-state index is 0.124. The molecule has 0 aliphatic rings. The predicted octanol–water partition coefficient (Wildman–Crippen LogP) is 3.06. The van der Waals surface area contributed by atoms with Gasteiger partial charge in [0.25, 0.3) is 5.91 Å². The Morgan fingerprint density at radius 2 is 1.80 bits per heavy atom. The Balaban J connectivity index is 2.02.